The van der Waals surface area contributed by atoms with E-state index >= 15 is 0 Å². The van der Waals surface area contributed by atoms with E-state index in [0.29, 0.717) is 5.41 Å². The Bertz CT molecular complexity index is 403. The molecule has 0 radical (unpaired) electrons. The summed E-state index contributed by atoms with van der Waals surface area (Å²) in [6, 6.07) is 9.85. The fourth-order valence-corrected chi connectivity index (χ4v) is 2.92. The van der Waals surface area contributed by atoms with Crippen molar-refractivity contribution in [1.82, 2.24) is 5.32 Å². The van der Waals surface area contributed by atoms with E-state index in [1.807, 2.05) is 12.1 Å². The Morgan fingerprint density at radius 3 is 2.29 bits per heavy atom. The molecule has 2 aliphatic rings. The maximum absolute atomic E-state index is 5.90. The van der Waals surface area contributed by atoms with Gasteiger partial charge in [-0.15, -0.1) is 0 Å². The van der Waals surface area contributed by atoms with Gasteiger partial charge in [-0.3, -0.25) is 0 Å². The largest absolute Gasteiger partial charge is 0.311 e. The molecule has 0 heterocycles. The summed E-state index contributed by atoms with van der Waals surface area (Å²) in [6.07, 6.45) is 3.91. The second-order valence-corrected chi connectivity index (χ2v) is 6.77. The summed E-state index contributed by atoms with van der Waals surface area (Å²) in [4.78, 5) is 0. The molecule has 1 aromatic carbocycles. The zero-order valence-corrected chi connectivity index (χ0v) is 11.3. The van der Waals surface area contributed by atoms with Gasteiger partial charge in [0.2, 0.25) is 0 Å². The van der Waals surface area contributed by atoms with Gasteiger partial charge in [0.15, 0.2) is 0 Å². The summed E-state index contributed by atoms with van der Waals surface area (Å²) >= 11 is 5.90. The van der Waals surface area contributed by atoms with Gasteiger partial charge in [0.25, 0.3) is 0 Å². The molecule has 0 saturated heterocycles. The van der Waals surface area contributed by atoms with Crippen molar-refractivity contribution >= 4 is 11.6 Å². The molecule has 0 aliphatic heterocycles. The molecule has 1 nitrogen and oxygen atoms in total. The van der Waals surface area contributed by atoms with E-state index in [4.69, 9.17) is 11.6 Å². The number of halogens is 1. The topological polar surface area (TPSA) is 12.0 Å². The van der Waals surface area contributed by atoms with Crippen molar-refractivity contribution in [3.63, 3.8) is 0 Å². The molecule has 2 heteroatoms. The average Bonchev–Trinajstić information content (AvgIpc) is 2.81. The van der Waals surface area contributed by atoms with E-state index in [-0.39, 0.29) is 0 Å². The van der Waals surface area contributed by atoms with Crippen molar-refractivity contribution in [3.05, 3.63) is 34.9 Å². The van der Waals surface area contributed by atoms with E-state index in [2.05, 4.69) is 31.3 Å². The molecule has 0 bridgehead atoms. The maximum Gasteiger partial charge on any atom is 0.0406 e. The van der Waals surface area contributed by atoms with Crippen LogP contribution in [0, 0.1) is 5.41 Å². The van der Waals surface area contributed by atoms with Crippen LogP contribution in [0.25, 0.3) is 0 Å². The van der Waals surface area contributed by atoms with E-state index in [1.165, 1.54) is 24.8 Å². The van der Waals surface area contributed by atoms with Crippen LogP contribution in [0.3, 0.4) is 0 Å². The lowest BCUT2D eigenvalue weighted by Gasteiger charge is -2.37. The van der Waals surface area contributed by atoms with Crippen LogP contribution < -0.4 is 5.32 Å². The number of nitrogens with one attached hydrogen (secondary N) is 1. The Morgan fingerprint density at radius 1 is 1.18 bits per heavy atom. The molecule has 2 saturated carbocycles. The fourth-order valence-electron chi connectivity index (χ4n) is 2.80. The summed E-state index contributed by atoms with van der Waals surface area (Å²) in [7, 11) is 0. The van der Waals surface area contributed by atoms with Gasteiger partial charge in [0, 0.05) is 17.1 Å². The van der Waals surface area contributed by atoms with Crippen molar-refractivity contribution < 1.29 is 0 Å². The summed E-state index contributed by atoms with van der Waals surface area (Å²) in [5.74, 6) is 0.742. The van der Waals surface area contributed by atoms with Crippen LogP contribution in [-0.4, -0.2) is 12.1 Å². The molecule has 0 aromatic heterocycles. The Kier molecular flexibility index (Phi) is 2.72. The molecule has 1 unspecified atom stereocenters. The Morgan fingerprint density at radius 2 is 1.76 bits per heavy atom. The number of benzene rings is 1. The smallest absolute Gasteiger partial charge is 0.0406 e. The Labute approximate surface area is 109 Å². The first-order valence-corrected chi connectivity index (χ1v) is 6.94. The third kappa shape index (κ3) is 2.36. The normalized spacial score (nSPS) is 34.2. The number of hydrogen-bond acceptors (Lipinski definition) is 1. The maximum atomic E-state index is 5.90. The molecule has 1 N–H and O–H groups in total. The van der Waals surface area contributed by atoms with E-state index in [9.17, 15) is 0 Å². The summed E-state index contributed by atoms with van der Waals surface area (Å²) < 4.78 is 0. The summed E-state index contributed by atoms with van der Waals surface area (Å²) in [6.45, 7) is 4.69. The average molecular weight is 250 g/mol. The molecule has 17 heavy (non-hydrogen) atoms. The highest BCUT2D eigenvalue weighted by molar-refractivity contribution is 6.30. The van der Waals surface area contributed by atoms with Gasteiger partial charge in [-0.2, -0.15) is 0 Å². The third-order valence-corrected chi connectivity index (χ3v) is 4.68. The summed E-state index contributed by atoms with van der Waals surface area (Å²) in [5, 5.41) is 4.60. The first-order valence-electron chi connectivity index (χ1n) is 6.56. The van der Waals surface area contributed by atoms with Crippen molar-refractivity contribution in [3.8, 4) is 0 Å². The van der Waals surface area contributed by atoms with Gasteiger partial charge < -0.3 is 5.32 Å². The molecular formula is C15H20ClN. The summed E-state index contributed by atoms with van der Waals surface area (Å²) in [5.41, 5.74) is 1.99. The van der Waals surface area contributed by atoms with E-state index < -0.39 is 0 Å². The Balaban J connectivity index is 1.50. The predicted molar refractivity (Wildman–Crippen MR) is 72.5 cm³/mol. The van der Waals surface area contributed by atoms with Crippen LogP contribution in [0.15, 0.2) is 24.3 Å². The van der Waals surface area contributed by atoms with E-state index in [1.54, 1.807) is 0 Å². The molecule has 2 aliphatic carbocycles. The minimum atomic E-state index is 0.547. The minimum absolute atomic E-state index is 0.547. The van der Waals surface area contributed by atoms with Crippen LogP contribution in [0.4, 0.5) is 0 Å². The van der Waals surface area contributed by atoms with Crippen LogP contribution in [0.5, 0.6) is 0 Å². The number of rotatable bonds is 3. The van der Waals surface area contributed by atoms with Crippen molar-refractivity contribution in [1.29, 1.82) is 0 Å². The molecule has 0 spiro atoms. The first-order chi connectivity index (χ1) is 8.04. The zero-order valence-electron chi connectivity index (χ0n) is 10.5. The molecular weight excluding hydrogens is 230 g/mol. The van der Waals surface area contributed by atoms with Crippen molar-refractivity contribution in [2.24, 2.45) is 5.41 Å². The molecule has 1 atom stereocenters. The molecule has 2 fully saturated rings. The quantitative estimate of drug-likeness (QED) is 0.855. The minimum Gasteiger partial charge on any atom is -0.311 e. The van der Waals surface area contributed by atoms with Gasteiger partial charge in [0.1, 0.15) is 0 Å². The number of hydrogen-bond donors (Lipinski definition) is 1. The van der Waals surface area contributed by atoms with E-state index in [0.717, 1.165) is 23.0 Å². The molecule has 3 rings (SSSR count). The molecule has 1 aromatic rings. The van der Waals surface area contributed by atoms with Crippen LogP contribution in [0.1, 0.15) is 44.6 Å². The van der Waals surface area contributed by atoms with Gasteiger partial charge in [-0.1, -0.05) is 37.6 Å². The fraction of sp³-hybridized carbons (Fsp3) is 0.600. The van der Waals surface area contributed by atoms with Crippen LogP contribution in [-0.2, 0) is 0 Å². The highest BCUT2D eigenvalue weighted by Crippen LogP contribution is 2.47. The van der Waals surface area contributed by atoms with Gasteiger partial charge >= 0.3 is 0 Å². The van der Waals surface area contributed by atoms with Crippen molar-refractivity contribution in [2.45, 2.75) is 51.1 Å². The second kappa shape index (κ2) is 4.00. The lowest BCUT2D eigenvalue weighted by Crippen LogP contribution is -2.42. The van der Waals surface area contributed by atoms with Gasteiger partial charge in [-0.05, 0) is 48.3 Å². The SMILES string of the molecule is CC1(C)CC1NC1CC(c2ccc(Cl)cc2)C1. The predicted octanol–water partition coefficient (Wildman–Crippen LogP) is 3.97. The van der Waals surface area contributed by atoms with Gasteiger partial charge in [-0.25, -0.2) is 0 Å². The zero-order chi connectivity index (χ0) is 12.0. The first kappa shape index (κ1) is 11.6. The highest BCUT2D eigenvalue weighted by Gasteiger charge is 2.47. The van der Waals surface area contributed by atoms with Gasteiger partial charge in [0.05, 0.1) is 0 Å². The second-order valence-electron chi connectivity index (χ2n) is 6.33. The highest BCUT2D eigenvalue weighted by atomic mass is 35.5. The molecule has 92 valence electrons. The Hall–Kier alpha value is -0.530. The molecule has 0 amide bonds. The third-order valence-electron chi connectivity index (χ3n) is 4.43. The lowest BCUT2D eigenvalue weighted by molar-refractivity contribution is 0.279. The van der Waals surface area contributed by atoms with Crippen LogP contribution in [0.2, 0.25) is 5.02 Å². The standard InChI is InChI=1S/C15H20ClN/c1-15(2)9-14(15)17-13-7-11(8-13)10-3-5-12(16)6-4-10/h3-6,11,13-14,17H,7-9H2,1-2H3. The van der Waals surface area contributed by atoms with Crippen molar-refractivity contribution in [2.75, 3.05) is 0 Å². The van der Waals surface area contributed by atoms with Crippen LogP contribution >= 0.6 is 11.6 Å². The lowest BCUT2D eigenvalue weighted by atomic mass is 9.76. The monoisotopic (exact) mass is 249 g/mol.